The molecule has 3 heteroatoms. The summed E-state index contributed by atoms with van der Waals surface area (Å²) in [7, 11) is 0. The first kappa shape index (κ1) is 15.0. The van der Waals surface area contributed by atoms with E-state index in [1.807, 2.05) is 55.5 Å². The van der Waals surface area contributed by atoms with E-state index in [2.05, 4.69) is 10.3 Å². The fourth-order valence-corrected chi connectivity index (χ4v) is 3.65. The van der Waals surface area contributed by atoms with Crippen molar-refractivity contribution in [1.29, 1.82) is 0 Å². The molecule has 0 bridgehead atoms. The van der Waals surface area contributed by atoms with Crippen molar-refractivity contribution in [3.63, 3.8) is 0 Å². The minimum Gasteiger partial charge on any atom is -0.358 e. The standard InChI is InChI=1S/C21H22N2O/c1-14(15-7-3-2-4-8-15)22-21(24)16-11-12-20-18(13-16)17-9-5-6-10-19(17)23-20/h2-4,7-8,11-14,23H,5-6,9-10H2,1H3,(H,22,24). The predicted octanol–water partition coefficient (Wildman–Crippen LogP) is 4.54. The Kier molecular flexibility index (Phi) is 3.85. The van der Waals surface area contributed by atoms with Crippen LogP contribution in [0.15, 0.2) is 48.5 Å². The zero-order chi connectivity index (χ0) is 16.5. The van der Waals surface area contributed by atoms with Gasteiger partial charge in [0.1, 0.15) is 0 Å². The lowest BCUT2D eigenvalue weighted by atomic mass is 9.95. The van der Waals surface area contributed by atoms with E-state index in [0.717, 1.165) is 29.5 Å². The molecule has 24 heavy (non-hydrogen) atoms. The highest BCUT2D eigenvalue weighted by Crippen LogP contribution is 2.29. The summed E-state index contributed by atoms with van der Waals surface area (Å²) in [6.07, 6.45) is 4.72. The minimum atomic E-state index is -0.0148. The van der Waals surface area contributed by atoms with Gasteiger partial charge in [0.25, 0.3) is 5.91 Å². The second-order valence-electron chi connectivity index (χ2n) is 6.66. The molecule has 0 saturated carbocycles. The molecule has 0 spiro atoms. The molecule has 0 radical (unpaired) electrons. The Balaban J connectivity index is 1.60. The number of fused-ring (bicyclic) bond motifs is 3. The molecule has 1 unspecified atom stereocenters. The van der Waals surface area contributed by atoms with Gasteiger partial charge in [0.2, 0.25) is 0 Å². The van der Waals surface area contributed by atoms with Crippen molar-refractivity contribution in [3.8, 4) is 0 Å². The fraction of sp³-hybridized carbons (Fsp3) is 0.286. The third-order valence-electron chi connectivity index (χ3n) is 5.01. The second-order valence-corrected chi connectivity index (χ2v) is 6.66. The number of hydrogen-bond donors (Lipinski definition) is 2. The summed E-state index contributed by atoms with van der Waals surface area (Å²) < 4.78 is 0. The Morgan fingerprint density at radius 1 is 1.08 bits per heavy atom. The van der Waals surface area contributed by atoms with E-state index in [-0.39, 0.29) is 11.9 Å². The molecule has 1 amide bonds. The van der Waals surface area contributed by atoms with Gasteiger partial charge in [0.15, 0.2) is 0 Å². The van der Waals surface area contributed by atoms with Crippen molar-refractivity contribution in [2.75, 3.05) is 0 Å². The van der Waals surface area contributed by atoms with Gasteiger partial charge in [-0.1, -0.05) is 30.3 Å². The van der Waals surface area contributed by atoms with Crippen LogP contribution in [-0.4, -0.2) is 10.9 Å². The van der Waals surface area contributed by atoms with Gasteiger partial charge < -0.3 is 10.3 Å². The number of aryl methyl sites for hydroxylation is 2. The van der Waals surface area contributed by atoms with Crippen molar-refractivity contribution in [2.24, 2.45) is 0 Å². The monoisotopic (exact) mass is 318 g/mol. The molecule has 1 aliphatic carbocycles. The Morgan fingerprint density at radius 2 is 1.88 bits per heavy atom. The van der Waals surface area contributed by atoms with Crippen LogP contribution < -0.4 is 5.32 Å². The summed E-state index contributed by atoms with van der Waals surface area (Å²) in [4.78, 5) is 16.2. The highest BCUT2D eigenvalue weighted by atomic mass is 16.1. The first-order valence-corrected chi connectivity index (χ1v) is 8.71. The number of H-pyrrole nitrogens is 1. The number of aromatic nitrogens is 1. The van der Waals surface area contributed by atoms with Crippen molar-refractivity contribution < 1.29 is 4.79 Å². The van der Waals surface area contributed by atoms with Crippen LogP contribution in [0.3, 0.4) is 0 Å². The lowest BCUT2D eigenvalue weighted by molar-refractivity contribution is 0.0940. The van der Waals surface area contributed by atoms with Crippen molar-refractivity contribution in [3.05, 3.63) is 70.9 Å². The second kappa shape index (κ2) is 6.16. The third-order valence-corrected chi connectivity index (χ3v) is 5.01. The SMILES string of the molecule is CC(NC(=O)c1ccc2[nH]c3c(c2c1)CCCC3)c1ccccc1. The number of nitrogens with one attached hydrogen (secondary N) is 2. The number of hydrogen-bond acceptors (Lipinski definition) is 1. The largest absolute Gasteiger partial charge is 0.358 e. The minimum absolute atomic E-state index is 0.00506. The molecular weight excluding hydrogens is 296 g/mol. The first-order chi connectivity index (χ1) is 11.7. The van der Waals surface area contributed by atoms with E-state index in [1.165, 1.54) is 29.5 Å². The molecule has 4 rings (SSSR count). The summed E-state index contributed by atoms with van der Waals surface area (Å²) in [6, 6.07) is 16.0. The van der Waals surface area contributed by atoms with E-state index >= 15 is 0 Å². The van der Waals surface area contributed by atoms with Crippen LogP contribution in [0.5, 0.6) is 0 Å². The van der Waals surface area contributed by atoms with E-state index in [9.17, 15) is 4.79 Å². The maximum Gasteiger partial charge on any atom is 0.251 e. The molecule has 3 aromatic rings. The highest BCUT2D eigenvalue weighted by molar-refractivity contribution is 5.99. The topological polar surface area (TPSA) is 44.9 Å². The van der Waals surface area contributed by atoms with Crippen LogP contribution in [0.4, 0.5) is 0 Å². The summed E-state index contributed by atoms with van der Waals surface area (Å²) in [5.74, 6) is -0.0148. The molecule has 0 fully saturated rings. The Bertz CT molecular complexity index is 879. The average Bonchev–Trinajstić information content (AvgIpc) is 3.00. The van der Waals surface area contributed by atoms with Crippen LogP contribution in [0.25, 0.3) is 10.9 Å². The Hall–Kier alpha value is -2.55. The highest BCUT2D eigenvalue weighted by Gasteiger charge is 2.17. The maximum atomic E-state index is 12.6. The molecule has 2 aromatic carbocycles. The molecule has 0 saturated heterocycles. The fourth-order valence-electron chi connectivity index (χ4n) is 3.65. The maximum absolute atomic E-state index is 12.6. The van der Waals surface area contributed by atoms with E-state index in [1.54, 1.807) is 0 Å². The molecule has 1 aromatic heterocycles. The Morgan fingerprint density at radius 3 is 2.71 bits per heavy atom. The van der Waals surface area contributed by atoms with Gasteiger partial charge in [-0.25, -0.2) is 0 Å². The van der Waals surface area contributed by atoms with E-state index < -0.39 is 0 Å². The summed E-state index contributed by atoms with van der Waals surface area (Å²) >= 11 is 0. The van der Waals surface area contributed by atoms with Gasteiger partial charge in [-0.3, -0.25) is 4.79 Å². The van der Waals surface area contributed by atoms with Crippen LogP contribution >= 0.6 is 0 Å². The van der Waals surface area contributed by atoms with E-state index in [4.69, 9.17) is 0 Å². The number of aromatic amines is 1. The number of benzene rings is 2. The lowest BCUT2D eigenvalue weighted by Crippen LogP contribution is -2.26. The lowest BCUT2D eigenvalue weighted by Gasteiger charge is -2.14. The zero-order valence-corrected chi connectivity index (χ0v) is 13.9. The molecule has 2 N–H and O–H groups in total. The smallest absolute Gasteiger partial charge is 0.251 e. The number of rotatable bonds is 3. The van der Waals surface area contributed by atoms with Gasteiger partial charge in [-0.05, 0) is 61.9 Å². The molecule has 1 atom stereocenters. The van der Waals surface area contributed by atoms with Crippen molar-refractivity contribution in [2.45, 2.75) is 38.6 Å². The first-order valence-electron chi connectivity index (χ1n) is 8.71. The molecule has 0 aliphatic heterocycles. The predicted molar refractivity (Wildman–Crippen MR) is 97.3 cm³/mol. The molecule has 1 aliphatic rings. The zero-order valence-electron chi connectivity index (χ0n) is 13.9. The van der Waals surface area contributed by atoms with Gasteiger partial charge in [-0.15, -0.1) is 0 Å². The van der Waals surface area contributed by atoms with Gasteiger partial charge in [-0.2, -0.15) is 0 Å². The summed E-state index contributed by atoms with van der Waals surface area (Å²) in [5, 5.41) is 4.31. The van der Waals surface area contributed by atoms with Gasteiger partial charge in [0.05, 0.1) is 6.04 Å². The number of carbonyl (C=O) groups excluding carboxylic acids is 1. The molecule has 1 heterocycles. The molecule has 122 valence electrons. The number of carbonyl (C=O) groups is 1. The van der Waals surface area contributed by atoms with Gasteiger partial charge in [0, 0.05) is 22.2 Å². The third kappa shape index (κ3) is 2.71. The van der Waals surface area contributed by atoms with Crippen molar-refractivity contribution in [1.82, 2.24) is 10.3 Å². The Labute approximate surface area is 142 Å². The van der Waals surface area contributed by atoms with Crippen LogP contribution in [0.2, 0.25) is 0 Å². The van der Waals surface area contributed by atoms with Crippen LogP contribution in [-0.2, 0) is 12.8 Å². The van der Waals surface area contributed by atoms with E-state index in [0.29, 0.717) is 0 Å². The average molecular weight is 318 g/mol. The number of amides is 1. The molecule has 3 nitrogen and oxygen atoms in total. The van der Waals surface area contributed by atoms with Crippen molar-refractivity contribution >= 4 is 16.8 Å². The quantitative estimate of drug-likeness (QED) is 0.732. The van der Waals surface area contributed by atoms with Crippen LogP contribution in [0, 0.1) is 0 Å². The normalized spacial score (nSPS) is 15.0. The summed E-state index contributed by atoms with van der Waals surface area (Å²) in [5.41, 5.74) is 5.76. The van der Waals surface area contributed by atoms with Crippen LogP contribution in [0.1, 0.15) is 53.0 Å². The van der Waals surface area contributed by atoms with Gasteiger partial charge >= 0.3 is 0 Å². The molecular formula is C21H22N2O. The summed E-state index contributed by atoms with van der Waals surface area (Å²) in [6.45, 7) is 2.02.